The highest BCUT2D eigenvalue weighted by Crippen LogP contribution is 2.60. The number of carbonyl (C=O) groups is 1. The number of aliphatic hydroxyl groups excluding tert-OH is 3. The molecule has 0 bridgehead atoms. The predicted octanol–water partition coefficient (Wildman–Crippen LogP) is 2.68. The van der Waals surface area contributed by atoms with E-state index in [1.807, 2.05) is 5.32 Å². The molecule has 0 atom stereocenters. The highest BCUT2D eigenvalue weighted by molar-refractivity contribution is 7.99. The topological polar surface area (TPSA) is 89.8 Å². The van der Waals surface area contributed by atoms with E-state index in [-0.39, 0.29) is 11.8 Å². The first kappa shape index (κ1) is 31.8. The van der Waals surface area contributed by atoms with E-state index < -0.39 is 85.0 Å². The summed E-state index contributed by atoms with van der Waals surface area (Å²) >= 11 is -0.0264. The fourth-order valence-corrected chi connectivity index (χ4v) is 2.73. The maximum Gasteiger partial charge on any atom is 0.460 e. The second kappa shape index (κ2) is 10.2. The van der Waals surface area contributed by atoms with Gasteiger partial charge in [-0.25, -0.2) is 0 Å². The van der Waals surface area contributed by atoms with Crippen LogP contribution >= 0.6 is 11.8 Å². The number of carbonyl (C=O) groups excluding carboxylic acids is 1. The Kier molecular flexibility index (Phi) is 9.81. The molecule has 19 heteroatoms. The van der Waals surface area contributed by atoms with Crippen molar-refractivity contribution >= 4 is 17.7 Å². The quantitative estimate of drug-likeness (QED) is 0.213. The second-order valence-corrected chi connectivity index (χ2v) is 7.71. The lowest BCUT2D eigenvalue weighted by atomic mass is 9.93. The van der Waals surface area contributed by atoms with Crippen LogP contribution in [0.25, 0.3) is 0 Å². The standard InChI is InChI=1S/C14H16F13NO4S/c15-9(16,1-2-33-3-7(32)28-8(4-29,5-30)6-31)10(17,18)11(19,20)12(21,22)13(23,24)14(25,26)27/h29-31H,1-6H2,(H,28,32). The Hall–Kier alpha value is -1.21. The molecule has 0 aliphatic carbocycles. The first-order valence-electron chi connectivity index (χ1n) is 8.20. The van der Waals surface area contributed by atoms with Gasteiger partial charge < -0.3 is 20.6 Å². The van der Waals surface area contributed by atoms with Gasteiger partial charge in [-0.1, -0.05) is 0 Å². The minimum absolute atomic E-state index is 0.0264. The van der Waals surface area contributed by atoms with Gasteiger partial charge in [0.2, 0.25) is 5.91 Å². The van der Waals surface area contributed by atoms with E-state index in [9.17, 15) is 61.9 Å². The number of thioether (sulfide) groups is 1. The number of aliphatic hydroxyl groups is 3. The number of nitrogens with one attached hydrogen (secondary N) is 1. The Morgan fingerprint density at radius 1 is 0.667 bits per heavy atom. The molecule has 198 valence electrons. The van der Waals surface area contributed by atoms with Gasteiger partial charge in [0.25, 0.3) is 0 Å². The van der Waals surface area contributed by atoms with Crippen LogP contribution in [-0.2, 0) is 4.79 Å². The molecular formula is C14H16F13NO4S. The molecule has 33 heavy (non-hydrogen) atoms. The van der Waals surface area contributed by atoms with Gasteiger partial charge in [-0.2, -0.15) is 68.8 Å². The van der Waals surface area contributed by atoms with Crippen molar-refractivity contribution < 1.29 is 77.2 Å². The van der Waals surface area contributed by atoms with Crippen LogP contribution in [0.4, 0.5) is 57.1 Å². The predicted molar refractivity (Wildman–Crippen MR) is 84.9 cm³/mol. The summed E-state index contributed by atoms with van der Waals surface area (Å²) < 4.78 is 168. The lowest BCUT2D eigenvalue weighted by Gasteiger charge is -2.39. The molecule has 4 N–H and O–H groups in total. The van der Waals surface area contributed by atoms with Gasteiger partial charge in [0.1, 0.15) is 5.54 Å². The van der Waals surface area contributed by atoms with Gasteiger partial charge in [0.15, 0.2) is 0 Å². The molecular weight excluding hydrogens is 525 g/mol. The molecule has 0 spiro atoms. The molecule has 0 aliphatic heterocycles. The third-order valence-corrected chi connectivity index (χ3v) is 5.06. The number of hydrogen-bond acceptors (Lipinski definition) is 5. The minimum Gasteiger partial charge on any atom is -0.394 e. The van der Waals surface area contributed by atoms with E-state index >= 15 is 0 Å². The van der Waals surface area contributed by atoms with E-state index in [1.165, 1.54) is 0 Å². The summed E-state index contributed by atoms with van der Waals surface area (Å²) in [4.78, 5) is 11.5. The molecule has 0 aromatic rings. The Morgan fingerprint density at radius 3 is 1.42 bits per heavy atom. The fourth-order valence-electron chi connectivity index (χ4n) is 1.92. The molecule has 0 saturated heterocycles. The maximum absolute atomic E-state index is 13.6. The van der Waals surface area contributed by atoms with Gasteiger partial charge in [-0.15, -0.1) is 0 Å². The van der Waals surface area contributed by atoms with Crippen molar-refractivity contribution in [3.8, 4) is 0 Å². The van der Waals surface area contributed by atoms with Gasteiger partial charge in [-0.05, 0) is 5.75 Å². The van der Waals surface area contributed by atoms with E-state index in [4.69, 9.17) is 15.3 Å². The van der Waals surface area contributed by atoms with Crippen molar-refractivity contribution in [1.82, 2.24) is 5.32 Å². The zero-order chi connectivity index (χ0) is 26.7. The lowest BCUT2D eigenvalue weighted by molar-refractivity contribution is -0.439. The zero-order valence-electron chi connectivity index (χ0n) is 15.8. The third kappa shape index (κ3) is 5.90. The molecule has 0 fully saturated rings. The zero-order valence-corrected chi connectivity index (χ0v) is 16.6. The minimum atomic E-state index is -7.97. The molecule has 5 nitrogen and oxygen atoms in total. The number of hydrogen-bond donors (Lipinski definition) is 4. The second-order valence-electron chi connectivity index (χ2n) is 6.61. The van der Waals surface area contributed by atoms with E-state index in [0.29, 0.717) is 0 Å². The van der Waals surface area contributed by atoms with Crippen molar-refractivity contribution in [1.29, 1.82) is 0 Å². The summed E-state index contributed by atoms with van der Waals surface area (Å²) in [5, 5.41) is 28.7. The number of halogens is 13. The van der Waals surface area contributed by atoms with E-state index in [2.05, 4.69) is 0 Å². The van der Waals surface area contributed by atoms with Crippen LogP contribution in [0.2, 0.25) is 0 Å². The fraction of sp³-hybridized carbons (Fsp3) is 0.929. The molecule has 0 radical (unpaired) electrons. The number of rotatable bonds is 13. The molecule has 0 aromatic heterocycles. The van der Waals surface area contributed by atoms with Gasteiger partial charge >= 0.3 is 35.8 Å². The molecule has 0 saturated carbocycles. The number of alkyl halides is 13. The summed E-state index contributed by atoms with van der Waals surface area (Å²) in [5.41, 5.74) is -1.98. The van der Waals surface area contributed by atoms with Crippen molar-refractivity contribution in [3.05, 3.63) is 0 Å². The van der Waals surface area contributed by atoms with Crippen LogP contribution in [0.5, 0.6) is 0 Å². The van der Waals surface area contributed by atoms with Crippen LogP contribution < -0.4 is 5.32 Å². The molecule has 0 heterocycles. The average molecular weight is 541 g/mol. The maximum atomic E-state index is 13.6. The summed E-state index contributed by atoms with van der Waals surface area (Å²) in [6, 6.07) is 0. The Balaban J connectivity index is 5.40. The molecule has 1 amide bonds. The van der Waals surface area contributed by atoms with Gasteiger partial charge in [-0.3, -0.25) is 4.79 Å². The Morgan fingerprint density at radius 2 is 1.06 bits per heavy atom. The van der Waals surface area contributed by atoms with Crippen molar-refractivity contribution in [2.75, 3.05) is 31.3 Å². The third-order valence-electron chi connectivity index (χ3n) is 4.10. The number of amides is 1. The van der Waals surface area contributed by atoms with Crippen molar-refractivity contribution in [3.63, 3.8) is 0 Å². The molecule has 0 aliphatic rings. The van der Waals surface area contributed by atoms with Crippen LogP contribution in [0, 0.1) is 0 Å². The van der Waals surface area contributed by atoms with Crippen LogP contribution in [-0.4, -0.2) is 93.9 Å². The Bertz CT molecular complexity index is 660. The molecule has 0 unspecified atom stereocenters. The molecule has 0 rings (SSSR count). The smallest absolute Gasteiger partial charge is 0.394 e. The van der Waals surface area contributed by atoms with Gasteiger partial charge in [0, 0.05) is 6.42 Å². The molecule has 0 aromatic carbocycles. The highest BCUT2D eigenvalue weighted by Gasteiger charge is 2.90. The summed E-state index contributed by atoms with van der Waals surface area (Å²) in [7, 11) is 0. The van der Waals surface area contributed by atoms with Crippen LogP contribution in [0.1, 0.15) is 6.42 Å². The van der Waals surface area contributed by atoms with Crippen LogP contribution in [0.15, 0.2) is 0 Å². The van der Waals surface area contributed by atoms with E-state index in [0.717, 1.165) is 0 Å². The summed E-state index contributed by atoms with van der Waals surface area (Å²) in [6.07, 6.45) is -9.95. The van der Waals surface area contributed by atoms with Crippen LogP contribution in [0.3, 0.4) is 0 Å². The monoisotopic (exact) mass is 541 g/mol. The largest absolute Gasteiger partial charge is 0.460 e. The first-order valence-corrected chi connectivity index (χ1v) is 9.36. The lowest BCUT2D eigenvalue weighted by Crippen LogP contribution is -2.70. The van der Waals surface area contributed by atoms with Crippen molar-refractivity contribution in [2.45, 2.75) is 47.7 Å². The normalized spacial score (nSPS) is 15.0. The SMILES string of the molecule is O=C(CSCCC(F)(F)C(F)(F)C(F)(F)C(F)(F)C(F)(F)C(F)(F)F)NC(CO)(CO)CO. The summed E-state index contributed by atoms with van der Waals surface area (Å²) in [5.74, 6) is -40.8. The average Bonchev–Trinajstić information content (AvgIpc) is 2.68. The van der Waals surface area contributed by atoms with Gasteiger partial charge in [0.05, 0.1) is 25.6 Å². The Labute approximate surface area is 180 Å². The highest BCUT2D eigenvalue weighted by atomic mass is 32.2. The van der Waals surface area contributed by atoms with Crippen molar-refractivity contribution in [2.24, 2.45) is 0 Å². The first-order chi connectivity index (χ1) is 14.5. The summed E-state index contributed by atoms with van der Waals surface area (Å²) in [6.45, 7) is -3.06. The van der Waals surface area contributed by atoms with E-state index in [1.54, 1.807) is 0 Å².